The molecule has 4 rings (SSSR count). The van der Waals surface area contributed by atoms with Crippen molar-refractivity contribution < 1.29 is 22.3 Å². The van der Waals surface area contributed by atoms with Crippen molar-refractivity contribution in [1.82, 2.24) is 4.98 Å². The molecule has 0 aliphatic heterocycles. The highest BCUT2D eigenvalue weighted by molar-refractivity contribution is 7.90. The zero-order valence-corrected chi connectivity index (χ0v) is 18.6. The van der Waals surface area contributed by atoms with Crippen molar-refractivity contribution >= 4 is 26.7 Å². The third-order valence-corrected chi connectivity index (χ3v) is 6.46. The van der Waals surface area contributed by atoms with Crippen molar-refractivity contribution in [3.05, 3.63) is 95.9 Å². The topological polar surface area (TPSA) is 99.3 Å². The molecule has 1 atom stereocenters. The van der Waals surface area contributed by atoms with Crippen molar-refractivity contribution in [3.8, 4) is 16.9 Å². The SMILES string of the molecule is CC(=O)C(c1ccccc1-c1ccc(OCc2ccc3ccccc3n2)c(F)c1)S(N)(=O)=O. The molecule has 3 aromatic carbocycles. The lowest BCUT2D eigenvalue weighted by atomic mass is 9.96. The van der Waals surface area contributed by atoms with Crippen LogP contribution in [0.15, 0.2) is 78.9 Å². The maximum absolute atomic E-state index is 14.9. The number of carbonyl (C=O) groups is 1. The van der Waals surface area contributed by atoms with E-state index in [0.29, 0.717) is 16.8 Å². The molecule has 0 aliphatic rings. The number of nitrogens with zero attached hydrogens (tertiary/aromatic N) is 1. The summed E-state index contributed by atoms with van der Waals surface area (Å²) in [5.74, 6) is -1.22. The number of sulfonamides is 1. The van der Waals surface area contributed by atoms with Gasteiger partial charge >= 0.3 is 0 Å². The first-order chi connectivity index (χ1) is 15.7. The molecule has 4 aromatic rings. The average molecular weight is 465 g/mol. The third-order valence-electron chi connectivity index (χ3n) is 5.22. The number of carbonyl (C=O) groups excluding carboxylic acids is 1. The van der Waals surface area contributed by atoms with Gasteiger partial charge in [-0.05, 0) is 47.9 Å². The van der Waals surface area contributed by atoms with Crippen molar-refractivity contribution in [1.29, 1.82) is 0 Å². The first-order valence-electron chi connectivity index (χ1n) is 10.1. The number of ketones is 1. The molecule has 0 fully saturated rings. The molecule has 33 heavy (non-hydrogen) atoms. The smallest absolute Gasteiger partial charge is 0.223 e. The zero-order chi connectivity index (χ0) is 23.6. The van der Waals surface area contributed by atoms with Crippen LogP contribution >= 0.6 is 0 Å². The summed E-state index contributed by atoms with van der Waals surface area (Å²) in [5, 5.41) is 4.76. The van der Waals surface area contributed by atoms with Gasteiger partial charge in [-0.15, -0.1) is 0 Å². The van der Waals surface area contributed by atoms with Crippen molar-refractivity contribution in [2.45, 2.75) is 18.8 Å². The number of benzene rings is 3. The van der Waals surface area contributed by atoms with E-state index in [0.717, 1.165) is 17.8 Å². The maximum Gasteiger partial charge on any atom is 0.223 e. The average Bonchev–Trinajstić information content (AvgIpc) is 2.77. The second kappa shape index (κ2) is 9.09. The molecule has 168 valence electrons. The van der Waals surface area contributed by atoms with E-state index in [9.17, 15) is 17.6 Å². The summed E-state index contributed by atoms with van der Waals surface area (Å²) >= 11 is 0. The summed E-state index contributed by atoms with van der Waals surface area (Å²) in [4.78, 5) is 16.5. The van der Waals surface area contributed by atoms with Crippen molar-refractivity contribution in [2.24, 2.45) is 5.14 Å². The summed E-state index contributed by atoms with van der Waals surface area (Å²) in [6.07, 6.45) is 0. The van der Waals surface area contributed by atoms with Crippen molar-refractivity contribution in [3.63, 3.8) is 0 Å². The van der Waals surface area contributed by atoms with Crippen LogP contribution < -0.4 is 9.88 Å². The molecule has 0 spiro atoms. The molecule has 1 unspecified atom stereocenters. The number of rotatable bonds is 7. The summed E-state index contributed by atoms with van der Waals surface area (Å²) in [6, 6.07) is 22.1. The van der Waals surface area contributed by atoms with Crippen LogP contribution in [0.4, 0.5) is 4.39 Å². The van der Waals surface area contributed by atoms with E-state index >= 15 is 0 Å². The lowest BCUT2D eigenvalue weighted by Crippen LogP contribution is -2.27. The normalized spacial score (nSPS) is 12.5. The second-order valence-electron chi connectivity index (χ2n) is 7.60. The van der Waals surface area contributed by atoms with Crippen LogP contribution in [0.2, 0.25) is 0 Å². The Hall–Kier alpha value is -3.62. The number of fused-ring (bicyclic) bond motifs is 1. The van der Waals surface area contributed by atoms with Gasteiger partial charge in [-0.3, -0.25) is 4.79 Å². The Labute approximate surface area is 190 Å². The van der Waals surface area contributed by atoms with E-state index in [1.54, 1.807) is 24.3 Å². The summed E-state index contributed by atoms with van der Waals surface area (Å²) in [7, 11) is -4.20. The monoisotopic (exact) mass is 464 g/mol. The summed E-state index contributed by atoms with van der Waals surface area (Å²) < 4.78 is 44.6. The number of primary sulfonamides is 1. The predicted octanol–water partition coefficient (Wildman–Crippen LogP) is 4.54. The first kappa shape index (κ1) is 22.6. The van der Waals surface area contributed by atoms with Gasteiger partial charge in [-0.2, -0.15) is 0 Å². The highest BCUT2D eigenvalue weighted by Gasteiger charge is 2.30. The molecule has 0 saturated carbocycles. The van der Waals surface area contributed by atoms with Crippen LogP contribution in [0.5, 0.6) is 5.75 Å². The number of aromatic nitrogens is 1. The van der Waals surface area contributed by atoms with Crippen LogP contribution in [-0.2, 0) is 21.4 Å². The molecule has 0 saturated heterocycles. The minimum atomic E-state index is -4.20. The number of hydrogen-bond donors (Lipinski definition) is 1. The molecule has 8 heteroatoms. The number of Topliss-reactive ketones (excluding diaryl/α,β-unsaturated/α-hetero) is 1. The Bertz CT molecular complexity index is 1450. The van der Waals surface area contributed by atoms with Crippen LogP contribution in [0, 0.1) is 5.82 Å². The van der Waals surface area contributed by atoms with E-state index in [4.69, 9.17) is 9.88 Å². The molecule has 0 radical (unpaired) electrons. The minimum absolute atomic E-state index is 0.0285. The summed E-state index contributed by atoms with van der Waals surface area (Å²) in [5.41, 5.74) is 2.46. The minimum Gasteiger partial charge on any atom is -0.484 e. The molecule has 1 aromatic heterocycles. The fraction of sp³-hybridized carbons (Fsp3) is 0.120. The lowest BCUT2D eigenvalue weighted by molar-refractivity contribution is -0.116. The van der Waals surface area contributed by atoms with Crippen LogP contribution in [0.3, 0.4) is 0 Å². The van der Waals surface area contributed by atoms with Gasteiger partial charge in [0.15, 0.2) is 22.6 Å². The first-order valence-corrected chi connectivity index (χ1v) is 11.7. The van der Waals surface area contributed by atoms with Gasteiger partial charge in [0.05, 0.1) is 11.2 Å². The fourth-order valence-corrected chi connectivity index (χ4v) is 4.76. The zero-order valence-electron chi connectivity index (χ0n) is 17.7. The van der Waals surface area contributed by atoms with E-state index in [1.807, 2.05) is 36.4 Å². The van der Waals surface area contributed by atoms with Crippen LogP contribution in [0.25, 0.3) is 22.0 Å². The number of ether oxygens (including phenoxy) is 1. The highest BCUT2D eigenvalue weighted by Crippen LogP contribution is 2.34. The van der Waals surface area contributed by atoms with E-state index in [1.165, 1.54) is 18.2 Å². The molecule has 0 bridgehead atoms. The Morgan fingerprint density at radius 3 is 2.48 bits per heavy atom. The quantitative estimate of drug-likeness (QED) is 0.433. The Balaban J connectivity index is 1.61. The van der Waals surface area contributed by atoms with Gasteiger partial charge in [0.2, 0.25) is 10.0 Å². The standard InChI is InChI=1S/C25H21FN2O4S/c1-16(29)25(33(27,30)31)21-8-4-3-7-20(21)18-11-13-24(22(26)14-18)32-15-19-12-10-17-6-2-5-9-23(17)28-19/h2-14,25H,15H2,1H3,(H2,27,30,31). The molecular weight excluding hydrogens is 443 g/mol. The van der Waals surface area contributed by atoms with Gasteiger partial charge in [-0.1, -0.05) is 54.6 Å². The van der Waals surface area contributed by atoms with E-state index in [2.05, 4.69) is 4.98 Å². The summed E-state index contributed by atoms with van der Waals surface area (Å²) in [6.45, 7) is 1.24. The van der Waals surface area contributed by atoms with Gasteiger partial charge in [0, 0.05) is 5.39 Å². The molecular formula is C25H21FN2O4S. The van der Waals surface area contributed by atoms with Gasteiger partial charge in [-0.25, -0.2) is 22.9 Å². The maximum atomic E-state index is 14.9. The number of halogens is 1. The lowest BCUT2D eigenvalue weighted by Gasteiger charge is -2.17. The Morgan fingerprint density at radius 1 is 1.03 bits per heavy atom. The van der Waals surface area contributed by atoms with Crippen molar-refractivity contribution in [2.75, 3.05) is 0 Å². The van der Waals surface area contributed by atoms with Crippen LogP contribution in [-0.4, -0.2) is 19.2 Å². The number of pyridine rings is 1. The van der Waals surface area contributed by atoms with Crippen LogP contribution in [0.1, 0.15) is 23.4 Å². The second-order valence-corrected chi connectivity index (χ2v) is 9.25. The Kier molecular flexibility index (Phi) is 6.22. The fourth-order valence-electron chi connectivity index (χ4n) is 3.74. The third kappa shape index (κ3) is 4.92. The molecule has 6 nitrogen and oxygen atoms in total. The number of nitrogens with two attached hydrogens (primary N) is 1. The largest absolute Gasteiger partial charge is 0.484 e. The molecule has 0 aliphatic carbocycles. The van der Waals surface area contributed by atoms with Gasteiger partial charge < -0.3 is 4.74 Å². The van der Waals surface area contributed by atoms with Gasteiger partial charge in [0.1, 0.15) is 6.61 Å². The molecule has 2 N–H and O–H groups in total. The predicted molar refractivity (Wildman–Crippen MR) is 124 cm³/mol. The molecule has 0 amide bonds. The Morgan fingerprint density at radius 2 is 1.76 bits per heavy atom. The van der Waals surface area contributed by atoms with E-state index < -0.39 is 26.9 Å². The van der Waals surface area contributed by atoms with E-state index in [-0.39, 0.29) is 17.9 Å². The molecule has 1 heterocycles. The number of para-hydroxylation sites is 1. The number of hydrogen-bond acceptors (Lipinski definition) is 5. The highest BCUT2D eigenvalue weighted by atomic mass is 32.2. The van der Waals surface area contributed by atoms with Gasteiger partial charge in [0.25, 0.3) is 0 Å².